The summed E-state index contributed by atoms with van der Waals surface area (Å²) in [4.78, 5) is 16.4. The molecule has 1 atom stereocenters. The summed E-state index contributed by atoms with van der Waals surface area (Å²) in [6.45, 7) is 2.61. The molecule has 1 aromatic heterocycles. The summed E-state index contributed by atoms with van der Waals surface area (Å²) in [5.74, 6) is 0.0580. The Balaban J connectivity index is 1.75. The van der Waals surface area contributed by atoms with E-state index in [1.807, 2.05) is 31.2 Å². The Labute approximate surface area is 181 Å². The van der Waals surface area contributed by atoms with Crippen molar-refractivity contribution in [1.29, 1.82) is 5.41 Å². The zero-order valence-electron chi connectivity index (χ0n) is 17.5. The van der Waals surface area contributed by atoms with Crippen molar-refractivity contribution in [3.8, 4) is 5.75 Å². The number of H-pyrrole nitrogens is 1. The van der Waals surface area contributed by atoms with Crippen molar-refractivity contribution in [2.24, 2.45) is 0 Å². The normalized spacial score (nSPS) is 15.7. The Morgan fingerprint density at radius 2 is 2.00 bits per heavy atom. The fraction of sp³-hybridized carbons (Fsp3) is 0.304. The van der Waals surface area contributed by atoms with Crippen molar-refractivity contribution < 1.29 is 17.4 Å². The summed E-state index contributed by atoms with van der Waals surface area (Å²) in [5.41, 5.74) is 4.14. The first kappa shape index (κ1) is 21.3. The Morgan fingerprint density at radius 3 is 2.74 bits per heavy atom. The number of carbonyl (C=O) groups is 1. The van der Waals surface area contributed by atoms with Crippen LogP contribution in [0, 0.1) is 5.41 Å². The maximum absolute atomic E-state index is 13.2. The lowest BCUT2D eigenvalue weighted by atomic mass is 10.00. The van der Waals surface area contributed by atoms with Gasteiger partial charge in [-0.05, 0) is 29.7 Å². The molecule has 0 amide bonds. The van der Waals surface area contributed by atoms with Crippen LogP contribution in [-0.4, -0.2) is 31.2 Å². The highest BCUT2D eigenvalue weighted by Crippen LogP contribution is 2.34. The molecule has 1 unspecified atom stereocenters. The topological polar surface area (TPSA) is 112 Å². The van der Waals surface area contributed by atoms with Gasteiger partial charge in [0.2, 0.25) is 0 Å². The SMILES string of the molecule is CCCC(=N)Cc1ccc2[nH]c(C(=O)C3NCc4ccccc43)cc2c1OS(C)(=O)=O. The number of rotatable bonds is 8. The van der Waals surface area contributed by atoms with Gasteiger partial charge in [0.1, 0.15) is 0 Å². The van der Waals surface area contributed by atoms with E-state index in [4.69, 9.17) is 9.59 Å². The molecule has 8 heteroatoms. The number of hydrogen-bond acceptors (Lipinski definition) is 6. The standard InChI is InChI=1S/C23H25N3O4S/c1-3-6-16(24)11-14-9-10-19-18(23(14)30-31(2,28)29)12-20(26-19)22(27)21-17-8-5-4-7-15(17)13-25-21/h4-5,7-10,12,21,24-26H,3,6,11,13H2,1-2H3. The molecule has 162 valence electrons. The number of fused-ring (bicyclic) bond motifs is 2. The summed E-state index contributed by atoms with van der Waals surface area (Å²) in [6, 6.07) is 12.5. The van der Waals surface area contributed by atoms with Crippen LogP contribution < -0.4 is 9.50 Å². The smallest absolute Gasteiger partial charge is 0.306 e. The van der Waals surface area contributed by atoms with Crippen LogP contribution in [-0.2, 0) is 23.1 Å². The van der Waals surface area contributed by atoms with Crippen LogP contribution in [0.1, 0.15) is 53.0 Å². The second-order valence-electron chi connectivity index (χ2n) is 7.89. The highest BCUT2D eigenvalue weighted by molar-refractivity contribution is 7.86. The molecule has 0 saturated heterocycles. The lowest BCUT2D eigenvalue weighted by molar-refractivity contribution is 0.0944. The first-order chi connectivity index (χ1) is 14.8. The van der Waals surface area contributed by atoms with Crippen LogP contribution in [0.5, 0.6) is 5.75 Å². The van der Waals surface area contributed by atoms with Crippen LogP contribution >= 0.6 is 0 Å². The van der Waals surface area contributed by atoms with Crippen molar-refractivity contribution in [2.75, 3.05) is 6.26 Å². The van der Waals surface area contributed by atoms with E-state index in [1.54, 1.807) is 18.2 Å². The third kappa shape index (κ3) is 4.40. The van der Waals surface area contributed by atoms with Crippen molar-refractivity contribution in [3.05, 3.63) is 64.8 Å². The number of hydrogen-bond donors (Lipinski definition) is 3. The molecule has 3 aromatic rings. The number of ketones is 1. The summed E-state index contributed by atoms with van der Waals surface area (Å²) >= 11 is 0. The molecular formula is C23H25N3O4S. The number of benzene rings is 2. The van der Waals surface area contributed by atoms with Gasteiger partial charge in [-0.2, -0.15) is 8.42 Å². The third-order valence-electron chi connectivity index (χ3n) is 5.42. The second kappa shape index (κ2) is 8.28. The molecule has 0 bridgehead atoms. The number of Topliss-reactive ketones (excluding diaryl/α,β-unsaturated/α-hetero) is 1. The first-order valence-corrected chi connectivity index (χ1v) is 12.0. The van der Waals surface area contributed by atoms with E-state index in [-0.39, 0.29) is 11.5 Å². The molecule has 1 aliphatic heterocycles. The van der Waals surface area contributed by atoms with E-state index >= 15 is 0 Å². The van der Waals surface area contributed by atoms with E-state index in [2.05, 4.69) is 10.3 Å². The minimum Gasteiger partial charge on any atom is -0.382 e. The maximum Gasteiger partial charge on any atom is 0.306 e. The van der Waals surface area contributed by atoms with Crippen molar-refractivity contribution in [3.63, 3.8) is 0 Å². The van der Waals surface area contributed by atoms with E-state index < -0.39 is 16.2 Å². The summed E-state index contributed by atoms with van der Waals surface area (Å²) in [6.07, 6.45) is 2.74. The van der Waals surface area contributed by atoms with E-state index in [0.29, 0.717) is 47.3 Å². The molecule has 0 spiro atoms. The molecule has 0 radical (unpaired) electrons. The molecule has 7 nitrogen and oxygen atoms in total. The Hall–Kier alpha value is -2.97. The van der Waals surface area contributed by atoms with Gasteiger partial charge in [0.25, 0.3) is 0 Å². The molecule has 4 rings (SSSR count). The molecule has 2 heterocycles. The zero-order chi connectivity index (χ0) is 22.2. The molecule has 2 aromatic carbocycles. The lowest BCUT2D eigenvalue weighted by Gasteiger charge is -2.11. The minimum absolute atomic E-state index is 0.119. The average molecular weight is 440 g/mol. The molecule has 31 heavy (non-hydrogen) atoms. The van der Waals surface area contributed by atoms with Gasteiger partial charge in [-0.25, -0.2) is 0 Å². The van der Waals surface area contributed by atoms with Gasteiger partial charge in [-0.3, -0.25) is 10.1 Å². The molecule has 3 N–H and O–H groups in total. The molecule has 1 aliphatic rings. The summed E-state index contributed by atoms with van der Waals surface area (Å²) in [5, 5.41) is 11.9. The van der Waals surface area contributed by atoms with Gasteiger partial charge in [0.05, 0.1) is 18.0 Å². The van der Waals surface area contributed by atoms with Crippen molar-refractivity contribution >= 4 is 32.5 Å². The van der Waals surface area contributed by atoms with Gasteiger partial charge in [-0.15, -0.1) is 0 Å². The predicted octanol–water partition coefficient (Wildman–Crippen LogP) is 3.90. The molecule has 0 aliphatic carbocycles. The Morgan fingerprint density at radius 1 is 1.23 bits per heavy atom. The second-order valence-corrected chi connectivity index (χ2v) is 9.47. The van der Waals surface area contributed by atoms with Crippen molar-refractivity contribution in [2.45, 2.75) is 38.8 Å². The van der Waals surface area contributed by atoms with Crippen LogP contribution in [0.25, 0.3) is 10.9 Å². The van der Waals surface area contributed by atoms with E-state index in [0.717, 1.165) is 23.8 Å². The molecular weight excluding hydrogens is 414 g/mol. The third-order valence-corrected chi connectivity index (χ3v) is 5.89. The number of aromatic nitrogens is 1. The minimum atomic E-state index is -3.79. The van der Waals surface area contributed by atoms with Gasteiger partial charge < -0.3 is 14.6 Å². The van der Waals surface area contributed by atoms with Gasteiger partial charge >= 0.3 is 10.1 Å². The highest BCUT2D eigenvalue weighted by atomic mass is 32.2. The van der Waals surface area contributed by atoms with Gasteiger partial charge in [-0.1, -0.05) is 43.7 Å². The van der Waals surface area contributed by atoms with E-state index in [9.17, 15) is 13.2 Å². The number of aromatic amines is 1. The summed E-state index contributed by atoms with van der Waals surface area (Å²) in [7, 11) is -3.79. The first-order valence-electron chi connectivity index (χ1n) is 10.2. The quantitative estimate of drug-likeness (QED) is 0.280. The molecule has 0 saturated carbocycles. The monoisotopic (exact) mass is 439 g/mol. The molecule has 0 fully saturated rings. The van der Waals surface area contributed by atoms with Crippen molar-refractivity contribution in [1.82, 2.24) is 10.3 Å². The fourth-order valence-electron chi connectivity index (χ4n) is 4.05. The van der Waals surface area contributed by atoms with Gasteiger partial charge in [0, 0.05) is 35.1 Å². The maximum atomic E-state index is 13.2. The van der Waals surface area contributed by atoms with Crippen LogP contribution in [0.3, 0.4) is 0 Å². The number of carbonyl (C=O) groups excluding carboxylic acids is 1. The van der Waals surface area contributed by atoms with Crippen LogP contribution in [0.2, 0.25) is 0 Å². The fourth-order valence-corrected chi connectivity index (χ4v) is 4.55. The Kier molecular flexibility index (Phi) is 5.68. The van der Waals surface area contributed by atoms with E-state index in [1.165, 1.54) is 0 Å². The van der Waals surface area contributed by atoms with Crippen LogP contribution in [0.4, 0.5) is 0 Å². The predicted molar refractivity (Wildman–Crippen MR) is 120 cm³/mol. The zero-order valence-corrected chi connectivity index (χ0v) is 18.3. The lowest BCUT2D eigenvalue weighted by Crippen LogP contribution is -2.22. The summed E-state index contributed by atoms with van der Waals surface area (Å²) < 4.78 is 29.2. The largest absolute Gasteiger partial charge is 0.382 e. The average Bonchev–Trinajstić information content (AvgIpc) is 3.33. The van der Waals surface area contributed by atoms with Crippen LogP contribution in [0.15, 0.2) is 42.5 Å². The highest BCUT2D eigenvalue weighted by Gasteiger charge is 2.30. The van der Waals surface area contributed by atoms with Gasteiger partial charge in [0.15, 0.2) is 11.5 Å². The Bertz CT molecular complexity index is 1280. The number of nitrogens with one attached hydrogen (secondary N) is 3.